The third kappa shape index (κ3) is 3.77. The number of anilines is 1. The number of carbonyl (C=O) groups excluding carboxylic acids is 1. The highest BCUT2D eigenvalue weighted by molar-refractivity contribution is 6.31. The Morgan fingerprint density at radius 2 is 1.80 bits per heavy atom. The maximum absolute atomic E-state index is 12.7. The Morgan fingerprint density at radius 3 is 2.60 bits per heavy atom. The van der Waals surface area contributed by atoms with Crippen LogP contribution in [-0.2, 0) is 4.79 Å². The number of nitrogens with one attached hydrogen (secondary N) is 1. The Kier molecular flexibility index (Phi) is 5.25. The molecule has 0 aliphatic rings. The van der Waals surface area contributed by atoms with Crippen molar-refractivity contribution in [3.63, 3.8) is 0 Å². The van der Waals surface area contributed by atoms with E-state index in [1.165, 1.54) is 0 Å². The van der Waals surface area contributed by atoms with Gasteiger partial charge in [-0.2, -0.15) is 0 Å². The lowest BCUT2D eigenvalue weighted by Crippen LogP contribution is -2.32. The molecule has 0 saturated heterocycles. The third-order valence-corrected chi connectivity index (χ3v) is 4.62. The lowest BCUT2D eigenvalue weighted by atomic mass is 10.1. The summed E-state index contributed by atoms with van der Waals surface area (Å²) in [4.78, 5) is 12.7. The van der Waals surface area contributed by atoms with Gasteiger partial charge >= 0.3 is 0 Å². The van der Waals surface area contributed by atoms with Gasteiger partial charge in [0.25, 0.3) is 5.91 Å². The topological polar surface area (TPSA) is 38.3 Å². The number of ether oxygens (including phenoxy) is 1. The van der Waals surface area contributed by atoms with Crippen molar-refractivity contribution in [3.05, 3.63) is 71.2 Å². The summed E-state index contributed by atoms with van der Waals surface area (Å²) in [7, 11) is 0. The first-order valence-electron chi connectivity index (χ1n) is 8.30. The van der Waals surface area contributed by atoms with Gasteiger partial charge in [-0.25, -0.2) is 0 Å². The molecule has 3 rings (SSSR count). The first kappa shape index (κ1) is 17.3. The van der Waals surface area contributed by atoms with E-state index in [0.717, 1.165) is 16.3 Å². The molecule has 1 N–H and O–H groups in total. The molecule has 0 saturated carbocycles. The minimum Gasteiger partial charge on any atom is -0.480 e. The molecule has 0 spiro atoms. The molecule has 3 aromatic rings. The van der Waals surface area contributed by atoms with Gasteiger partial charge in [0.05, 0.1) is 0 Å². The predicted molar refractivity (Wildman–Crippen MR) is 103 cm³/mol. The summed E-state index contributed by atoms with van der Waals surface area (Å²) in [6.07, 6.45) is -0.0153. The molecule has 0 unspecified atom stereocenters. The fourth-order valence-corrected chi connectivity index (χ4v) is 2.90. The maximum atomic E-state index is 12.7. The van der Waals surface area contributed by atoms with Crippen LogP contribution in [0.25, 0.3) is 10.8 Å². The number of hydrogen-bond donors (Lipinski definition) is 1. The van der Waals surface area contributed by atoms with E-state index >= 15 is 0 Å². The molecule has 0 fully saturated rings. The Bertz CT molecular complexity index is 902. The molecule has 25 heavy (non-hydrogen) atoms. The van der Waals surface area contributed by atoms with Crippen LogP contribution in [0.1, 0.15) is 18.9 Å². The van der Waals surface area contributed by atoms with Crippen LogP contribution >= 0.6 is 11.6 Å². The molecule has 0 heterocycles. The van der Waals surface area contributed by atoms with E-state index in [2.05, 4.69) is 5.32 Å². The Hall–Kier alpha value is -2.52. The van der Waals surface area contributed by atoms with E-state index in [1.54, 1.807) is 6.07 Å². The second-order valence-electron chi connectivity index (χ2n) is 5.89. The zero-order chi connectivity index (χ0) is 17.8. The molecule has 3 aromatic carbocycles. The average molecular weight is 354 g/mol. The van der Waals surface area contributed by atoms with Gasteiger partial charge in [-0.05, 0) is 42.5 Å². The first-order chi connectivity index (χ1) is 12.1. The standard InChI is InChI=1S/C21H20ClNO2/c1-3-19(21(24)23-18-12-7-11-17(22)14(18)2)25-20-13-6-9-15-8-4-5-10-16(15)20/h4-13,19H,3H2,1-2H3,(H,23,24)/t19-/m1/s1. The highest BCUT2D eigenvalue weighted by atomic mass is 35.5. The lowest BCUT2D eigenvalue weighted by Gasteiger charge is -2.19. The largest absolute Gasteiger partial charge is 0.480 e. The number of amides is 1. The van der Waals surface area contributed by atoms with E-state index in [0.29, 0.717) is 22.9 Å². The summed E-state index contributed by atoms with van der Waals surface area (Å²) >= 11 is 6.12. The van der Waals surface area contributed by atoms with Gasteiger partial charge in [0.1, 0.15) is 5.75 Å². The van der Waals surface area contributed by atoms with Crippen molar-refractivity contribution in [1.29, 1.82) is 0 Å². The fraction of sp³-hybridized carbons (Fsp3) is 0.190. The maximum Gasteiger partial charge on any atom is 0.265 e. The summed E-state index contributed by atoms with van der Waals surface area (Å²) in [6, 6.07) is 19.3. The Labute approximate surface area is 152 Å². The van der Waals surface area contributed by atoms with Crippen LogP contribution in [0.15, 0.2) is 60.7 Å². The minimum absolute atomic E-state index is 0.180. The van der Waals surface area contributed by atoms with Gasteiger partial charge in [0.15, 0.2) is 6.10 Å². The summed E-state index contributed by atoms with van der Waals surface area (Å²) in [5.74, 6) is 0.531. The van der Waals surface area contributed by atoms with E-state index < -0.39 is 6.10 Å². The van der Waals surface area contributed by atoms with Gasteiger partial charge in [0, 0.05) is 16.1 Å². The van der Waals surface area contributed by atoms with Crippen molar-refractivity contribution in [2.24, 2.45) is 0 Å². The SMILES string of the molecule is CC[C@@H](Oc1cccc2ccccc12)C(=O)Nc1cccc(Cl)c1C. The second-order valence-corrected chi connectivity index (χ2v) is 6.30. The zero-order valence-electron chi connectivity index (χ0n) is 14.3. The molecule has 4 heteroatoms. The molecule has 1 atom stereocenters. The number of fused-ring (bicyclic) bond motifs is 1. The fourth-order valence-electron chi connectivity index (χ4n) is 2.73. The van der Waals surface area contributed by atoms with Crippen molar-refractivity contribution in [1.82, 2.24) is 0 Å². The first-order valence-corrected chi connectivity index (χ1v) is 8.68. The summed E-state index contributed by atoms with van der Waals surface area (Å²) in [5, 5.41) is 5.63. The molecule has 0 radical (unpaired) electrons. The summed E-state index contributed by atoms with van der Waals surface area (Å²) < 4.78 is 6.04. The molecule has 0 aromatic heterocycles. The summed E-state index contributed by atoms with van der Waals surface area (Å²) in [5.41, 5.74) is 1.55. The normalized spacial score (nSPS) is 12.0. The number of halogens is 1. The molecular formula is C21H20ClNO2. The van der Waals surface area contributed by atoms with Crippen LogP contribution < -0.4 is 10.1 Å². The van der Waals surface area contributed by atoms with Crippen molar-refractivity contribution in [2.45, 2.75) is 26.4 Å². The van der Waals surface area contributed by atoms with E-state index in [4.69, 9.17) is 16.3 Å². The molecule has 0 aliphatic carbocycles. The monoisotopic (exact) mass is 353 g/mol. The van der Waals surface area contributed by atoms with Crippen LogP contribution in [0.4, 0.5) is 5.69 Å². The van der Waals surface area contributed by atoms with Crippen molar-refractivity contribution < 1.29 is 9.53 Å². The average Bonchev–Trinajstić information content (AvgIpc) is 2.63. The van der Waals surface area contributed by atoms with Crippen LogP contribution in [0.5, 0.6) is 5.75 Å². The van der Waals surface area contributed by atoms with Gasteiger partial charge in [0.2, 0.25) is 0 Å². The third-order valence-electron chi connectivity index (χ3n) is 4.21. The number of hydrogen-bond acceptors (Lipinski definition) is 2. The molecule has 1 amide bonds. The number of carbonyl (C=O) groups is 1. The lowest BCUT2D eigenvalue weighted by molar-refractivity contribution is -0.122. The predicted octanol–water partition coefficient (Wildman–Crippen LogP) is 5.60. The van der Waals surface area contributed by atoms with Gasteiger partial charge in [-0.1, -0.05) is 61.0 Å². The number of rotatable bonds is 5. The van der Waals surface area contributed by atoms with E-state index in [-0.39, 0.29) is 5.91 Å². The zero-order valence-corrected chi connectivity index (χ0v) is 15.0. The Morgan fingerprint density at radius 1 is 1.08 bits per heavy atom. The molecule has 3 nitrogen and oxygen atoms in total. The van der Waals surface area contributed by atoms with Crippen LogP contribution in [0.2, 0.25) is 5.02 Å². The van der Waals surface area contributed by atoms with Crippen molar-refractivity contribution in [2.75, 3.05) is 5.32 Å². The van der Waals surface area contributed by atoms with Crippen LogP contribution in [-0.4, -0.2) is 12.0 Å². The van der Waals surface area contributed by atoms with Gasteiger partial charge < -0.3 is 10.1 Å². The van der Waals surface area contributed by atoms with Crippen LogP contribution in [0.3, 0.4) is 0 Å². The second kappa shape index (κ2) is 7.58. The quantitative estimate of drug-likeness (QED) is 0.648. The van der Waals surface area contributed by atoms with E-state index in [9.17, 15) is 4.79 Å². The highest BCUT2D eigenvalue weighted by Gasteiger charge is 2.20. The summed E-state index contributed by atoms with van der Waals surface area (Å²) in [6.45, 7) is 3.81. The molecule has 128 valence electrons. The van der Waals surface area contributed by atoms with E-state index in [1.807, 2.05) is 68.4 Å². The molecular weight excluding hydrogens is 334 g/mol. The smallest absolute Gasteiger partial charge is 0.265 e. The van der Waals surface area contributed by atoms with Gasteiger partial charge in [-0.15, -0.1) is 0 Å². The molecule has 0 aliphatic heterocycles. The van der Waals surface area contributed by atoms with Crippen molar-refractivity contribution in [3.8, 4) is 5.75 Å². The highest BCUT2D eigenvalue weighted by Crippen LogP contribution is 2.27. The van der Waals surface area contributed by atoms with Crippen molar-refractivity contribution >= 4 is 34.0 Å². The Balaban J connectivity index is 1.82. The van der Waals surface area contributed by atoms with Gasteiger partial charge in [-0.3, -0.25) is 4.79 Å². The minimum atomic E-state index is -0.579. The van der Waals surface area contributed by atoms with Crippen LogP contribution in [0, 0.1) is 6.92 Å². The molecule has 0 bridgehead atoms. The number of benzene rings is 3.